The Morgan fingerprint density at radius 1 is 0.462 bits per heavy atom. The highest BCUT2D eigenvalue weighted by Crippen LogP contribution is 2.27. The van der Waals surface area contributed by atoms with Gasteiger partial charge in [0.1, 0.15) is 45.7 Å². The third-order valence-electron chi connectivity index (χ3n) is 9.31. The summed E-state index contributed by atoms with van der Waals surface area (Å²) < 4.78 is 42.8. The first kappa shape index (κ1) is 49.8. The van der Waals surface area contributed by atoms with E-state index in [2.05, 4.69) is 13.2 Å². The van der Waals surface area contributed by atoms with Crippen molar-refractivity contribution in [2.24, 2.45) is 5.41 Å². The minimum Gasteiger partial charge on any atom is -0.462 e. The van der Waals surface area contributed by atoms with Crippen molar-refractivity contribution in [2.45, 2.75) is 33.3 Å². The van der Waals surface area contributed by atoms with Gasteiger partial charge in [-0.1, -0.05) is 56.5 Å². The summed E-state index contributed by atoms with van der Waals surface area (Å²) in [4.78, 5) is 103. The molecule has 4 aromatic carbocycles. The fraction of sp³-hybridized carbons (Fsp3) is 0.265. The summed E-state index contributed by atoms with van der Waals surface area (Å²) >= 11 is 0. The largest absolute Gasteiger partial charge is 0.462 e. The molecule has 4 aromatic rings. The number of benzene rings is 4. The van der Waals surface area contributed by atoms with Crippen molar-refractivity contribution < 1.29 is 76.3 Å². The van der Waals surface area contributed by atoms with Crippen molar-refractivity contribution in [1.29, 1.82) is 0 Å². The summed E-state index contributed by atoms with van der Waals surface area (Å²) in [5.74, 6) is -6.17. The highest BCUT2D eigenvalue weighted by Gasteiger charge is 2.35. The van der Waals surface area contributed by atoms with Gasteiger partial charge in [0.2, 0.25) is 0 Å². The number of rotatable bonds is 23. The van der Waals surface area contributed by atoms with E-state index >= 15 is 0 Å². The van der Waals surface area contributed by atoms with Crippen molar-refractivity contribution in [3.8, 4) is 0 Å². The molecule has 0 N–H and O–H groups in total. The average Bonchev–Trinajstić information content (AvgIpc) is 3.33. The summed E-state index contributed by atoms with van der Waals surface area (Å²) in [5.41, 5.74) is -0.991. The Morgan fingerprint density at radius 2 is 0.754 bits per heavy atom. The van der Waals surface area contributed by atoms with Gasteiger partial charge in [0.25, 0.3) is 0 Å². The van der Waals surface area contributed by atoms with Crippen molar-refractivity contribution in [2.75, 3.05) is 46.2 Å². The van der Waals surface area contributed by atoms with Crippen molar-refractivity contribution >= 4 is 47.8 Å². The molecular weight excluding hydrogens is 845 g/mol. The lowest BCUT2D eigenvalue weighted by Crippen LogP contribution is -2.39. The smallest absolute Gasteiger partial charge is 0.338 e. The van der Waals surface area contributed by atoms with Gasteiger partial charge < -0.3 is 37.9 Å². The van der Waals surface area contributed by atoms with Crippen LogP contribution in [0.4, 0.5) is 0 Å². The first-order valence-corrected chi connectivity index (χ1v) is 20.3. The molecule has 0 saturated carbocycles. The van der Waals surface area contributed by atoms with E-state index in [0.29, 0.717) is 0 Å². The van der Waals surface area contributed by atoms with E-state index in [1.54, 1.807) is 13.8 Å². The van der Waals surface area contributed by atoms with Gasteiger partial charge in [-0.2, -0.15) is 0 Å². The molecule has 0 radical (unpaired) electrons. The Bertz CT molecular complexity index is 2310. The summed E-state index contributed by atoms with van der Waals surface area (Å²) in [6.07, 6.45) is 2.02. The highest BCUT2D eigenvalue weighted by atomic mass is 16.6. The van der Waals surface area contributed by atoms with Crippen LogP contribution in [-0.2, 0) is 37.9 Å². The van der Waals surface area contributed by atoms with Crippen LogP contribution < -0.4 is 0 Å². The maximum Gasteiger partial charge on any atom is 0.338 e. The van der Waals surface area contributed by atoms with Crippen molar-refractivity contribution in [1.82, 2.24) is 0 Å². The summed E-state index contributed by atoms with van der Waals surface area (Å²) in [6.45, 7) is 10.3. The molecule has 0 aliphatic carbocycles. The number of carbonyl (C=O) groups excluding carboxylic acids is 8. The van der Waals surface area contributed by atoms with E-state index in [0.717, 1.165) is 0 Å². The average molecular weight is 893 g/mol. The van der Waals surface area contributed by atoms with Gasteiger partial charge in [0.05, 0.1) is 56.5 Å². The molecule has 1 unspecified atom stereocenters. The summed E-state index contributed by atoms with van der Waals surface area (Å²) in [6, 6.07) is 22.5. The fourth-order valence-corrected chi connectivity index (χ4v) is 5.64. The van der Waals surface area contributed by atoms with Crippen LogP contribution in [-0.4, -0.2) is 100 Å². The number of hydrogen-bond donors (Lipinski definition) is 0. The third-order valence-corrected chi connectivity index (χ3v) is 9.31. The van der Waals surface area contributed by atoms with Gasteiger partial charge in [-0.3, -0.25) is 0 Å². The molecule has 0 aliphatic rings. The van der Waals surface area contributed by atoms with E-state index in [-0.39, 0.29) is 77.4 Å². The molecule has 4 rings (SSSR count). The van der Waals surface area contributed by atoms with Crippen LogP contribution in [0.15, 0.2) is 122 Å². The number of carbonyl (C=O) groups is 8. The lowest BCUT2D eigenvalue weighted by atomic mass is 9.88. The quantitative estimate of drug-likeness (QED) is 0.0409. The van der Waals surface area contributed by atoms with Crippen LogP contribution >= 0.6 is 0 Å². The molecule has 340 valence electrons. The maximum atomic E-state index is 13.5. The third kappa shape index (κ3) is 14.9. The predicted molar refractivity (Wildman–Crippen MR) is 231 cm³/mol. The van der Waals surface area contributed by atoms with Crippen LogP contribution in [0.25, 0.3) is 0 Å². The molecule has 0 saturated heterocycles. The van der Waals surface area contributed by atoms with E-state index < -0.39 is 79.1 Å². The molecule has 16 heteroatoms. The van der Waals surface area contributed by atoms with E-state index in [1.807, 2.05) is 0 Å². The SMILES string of the molecule is C=CCOC(=O)c1cccc(C(=O)OCC(CC)(COC(=O)c2cccc(C(=O)OCC=C)c2)COC(=O)c2cccc(C(=O)OCC(C)OC(=O)c3cccc(C(=O)OCC)c3)c2)c1. The van der Waals surface area contributed by atoms with Gasteiger partial charge in [-0.25, -0.2) is 38.4 Å². The van der Waals surface area contributed by atoms with Gasteiger partial charge in [0.15, 0.2) is 0 Å². The minimum absolute atomic E-state index is 0.00859. The molecule has 0 aliphatic heterocycles. The van der Waals surface area contributed by atoms with Gasteiger partial charge in [-0.05, 0) is 93.1 Å². The molecular formula is C49H48O16. The second-order valence-electron chi connectivity index (χ2n) is 14.2. The lowest BCUT2D eigenvalue weighted by molar-refractivity contribution is -0.0382. The van der Waals surface area contributed by atoms with Gasteiger partial charge >= 0.3 is 47.8 Å². The summed E-state index contributed by atoms with van der Waals surface area (Å²) in [7, 11) is 0. The molecule has 0 bridgehead atoms. The second-order valence-corrected chi connectivity index (χ2v) is 14.2. The zero-order chi connectivity index (χ0) is 47.4. The zero-order valence-electron chi connectivity index (χ0n) is 36.1. The zero-order valence-corrected chi connectivity index (χ0v) is 36.1. The van der Waals surface area contributed by atoms with Crippen LogP contribution in [0.1, 0.15) is 110 Å². The molecule has 1 atom stereocenters. The van der Waals surface area contributed by atoms with Crippen molar-refractivity contribution in [3.63, 3.8) is 0 Å². The molecule has 0 spiro atoms. The normalized spacial score (nSPS) is 11.1. The topological polar surface area (TPSA) is 210 Å². The van der Waals surface area contributed by atoms with Gasteiger partial charge in [-0.15, -0.1) is 0 Å². The highest BCUT2D eigenvalue weighted by molar-refractivity contribution is 5.98. The molecule has 16 nitrogen and oxygen atoms in total. The number of ether oxygens (including phenoxy) is 8. The first-order valence-electron chi connectivity index (χ1n) is 20.3. The Labute approximate surface area is 375 Å². The standard InChI is InChI=1S/C49H48O16/c1-6-22-59-42(51)34-15-10-18-37(24-34)45(54)62-29-49(8-3,30-63-46(55)38-19-11-16-35(25-38)43(52)60-23-7-2)31-64-47(56)39-20-12-17-36(26-39)44(53)61-28-32(5)65-48(57)40-21-13-14-33(27-40)41(50)58-9-4/h6-7,10-21,24-27,32H,1-2,8-9,22-23,28-31H2,3-5H3. The molecule has 0 fully saturated rings. The predicted octanol–water partition coefficient (Wildman–Crippen LogP) is 7.22. The fourth-order valence-electron chi connectivity index (χ4n) is 5.64. The Hall–Kier alpha value is -7.88. The molecule has 0 heterocycles. The van der Waals surface area contributed by atoms with E-state index in [9.17, 15) is 38.4 Å². The number of esters is 8. The van der Waals surface area contributed by atoms with Crippen LogP contribution in [0, 0.1) is 5.41 Å². The minimum atomic E-state index is -1.34. The molecule has 0 aromatic heterocycles. The summed E-state index contributed by atoms with van der Waals surface area (Å²) in [5, 5.41) is 0. The molecule has 0 amide bonds. The first-order chi connectivity index (χ1) is 31.2. The second kappa shape index (κ2) is 24.7. The monoisotopic (exact) mass is 892 g/mol. The Balaban J connectivity index is 1.45. The Kier molecular flexibility index (Phi) is 18.9. The maximum absolute atomic E-state index is 13.5. The van der Waals surface area contributed by atoms with Crippen LogP contribution in [0.2, 0.25) is 0 Å². The lowest BCUT2D eigenvalue weighted by Gasteiger charge is -2.31. The Morgan fingerprint density at radius 3 is 1.06 bits per heavy atom. The van der Waals surface area contributed by atoms with E-state index in [1.165, 1.54) is 116 Å². The van der Waals surface area contributed by atoms with Crippen LogP contribution in [0.3, 0.4) is 0 Å². The van der Waals surface area contributed by atoms with Gasteiger partial charge in [0, 0.05) is 0 Å². The van der Waals surface area contributed by atoms with E-state index in [4.69, 9.17) is 37.9 Å². The van der Waals surface area contributed by atoms with Crippen LogP contribution in [0.5, 0.6) is 0 Å². The number of hydrogen-bond acceptors (Lipinski definition) is 16. The van der Waals surface area contributed by atoms with Crippen molar-refractivity contribution in [3.05, 3.63) is 167 Å². The molecule has 65 heavy (non-hydrogen) atoms.